The molecular weight excluding hydrogens is 370 g/mol. The lowest BCUT2D eigenvalue weighted by Gasteiger charge is -2.11. The first-order chi connectivity index (χ1) is 12.7. The van der Waals surface area contributed by atoms with Gasteiger partial charge in [0.15, 0.2) is 16.4 Å². The maximum Gasteiger partial charge on any atom is 0.338 e. The lowest BCUT2D eigenvalue weighted by molar-refractivity contribution is -0.124. The van der Waals surface area contributed by atoms with Crippen molar-refractivity contribution in [2.75, 3.05) is 20.0 Å². The zero-order valence-corrected chi connectivity index (χ0v) is 16.1. The Kier molecular flexibility index (Phi) is 6.57. The number of carbonyl (C=O) groups excluding carboxylic acids is 2. The molecule has 2 aromatic carbocycles. The Hall–Kier alpha value is -2.87. The number of ether oxygens (including phenoxy) is 2. The third-order valence-corrected chi connectivity index (χ3v) is 4.97. The molecule has 2 rings (SSSR count). The van der Waals surface area contributed by atoms with Gasteiger partial charge in [-0.05, 0) is 30.7 Å². The van der Waals surface area contributed by atoms with Crippen molar-refractivity contribution in [2.24, 2.45) is 0 Å². The van der Waals surface area contributed by atoms with Crippen molar-refractivity contribution in [2.45, 2.75) is 18.4 Å². The molecule has 0 aliphatic heterocycles. The highest BCUT2D eigenvalue weighted by Crippen LogP contribution is 2.17. The van der Waals surface area contributed by atoms with Crippen molar-refractivity contribution in [1.82, 2.24) is 5.32 Å². The number of aryl methyl sites for hydroxylation is 1. The molecule has 8 heteroatoms. The van der Waals surface area contributed by atoms with Gasteiger partial charge in [0.2, 0.25) is 0 Å². The van der Waals surface area contributed by atoms with Gasteiger partial charge in [0.1, 0.15) is 5.75 Å². The Balaban J connectivity index is 1.96. The number of para-hydroxylation sites is 1. The van der Waals surface area contributed by atoms with E-state index < -0.39 is 28.3 Å². The first-order valence-electron chi connectivity index (χ1n) is 8.09. The van der Waals surface area contributed by atoms with Crippen LogP contribution < -0.4 is 10.1 Å². The van der Waals surface area contributed by atoms with Crippen molar-refractivity contribution in [3.05, 3.63) is 59.2 Å². The molecule has 0 atom stereocenters. The lowest BCUT2D eigenvalue weighted by Crippen LogP contribution is -2.28. The third-order valence-electron chi connectivity index (χ3n) is 3.86. The van der Waals surface area contributed by atoms with Gasteiger partial charge < -0.3 is 14.8 Å². The van der Waals surface area contributed by atoms with E-state index in [1.54, 1.807) is 13.0 Å². The predicted molar refractivity (Wildman–Crippen MR) is 99.4 cm³/mol. The summed E-state index contributed by atoms with van der Waals surface area (Å²) in [6.45, 7) is 1.41. The number of nitrogens with one attached hydrogen (secondary N) is 1. The molecule has 0 aliphatic rings. The van der Waals surface area contributed by atoms with Crippen LogP contribution in [0.15, 0.2) is 47.4 Å². The number of sulfone groups is 1. The Morgan fingerprint density at radius 3 is 2.48 bits per heavy atom. The van der Waals surface area contributed by atoms with Gasteiger partial charge in [0, 0.05) is 18.4 Å². The molecular formula is C19H21NO6S. The molecule has 7 nitrogen and oxygen atoms in total. The molecule has 0 spiro atoms. The summed E-state index contributed by atoms with van der Waals surface area (Å²) in [5, 5.41) is 2.64. The van der Waals surface area contributed by atoms with Crippen LogP contribution in [0.2, 0.25) is 0 Å². The molecule has 0 aromatic heterocycles. The minimum absolute atomic E-state index is 0.0145. The first-order valence-corrected chi connectivity index (χ1v) is 9.98. The van der Waals surface area contributed by atoms with Crippen LogP contribution in [-0.2, 0) is 25.9 Å². The molecule has 0 saturated carbocycles. The molecule has 0 radical (unpaired) electrons. The van der Waals surface area contributed by atoms with E-state index in [1.807, 2.05) is 18.2 Å². The summed E-state index contributed by atoms with van der Waals surface area (Å²) >= 11 is 0. The summed E-state index contributed by atoms with van der Waals surface area (Å²) in [5.74, 6) is -0.598. The van der Waals surface area contributed by atoms with Gasteiger partial charge in [0.05, 0.1) is 17.6 Å². The zero-order valence-electron chi connectivity index (χ0n) is 15.3. The fourth-order valence-corrected chi connectivity index (χ4v) is 3.00. The Bertz CT molecular complexity index is 952. The maximum atomic E-state index is 12.2. The van der Waals surface area contributed by atoms with Crippen LogP contribution in [0.25, 0.3) is 0 Å². The zero-order chi connectivity index (χ0) is 20.0. The lowest BCUT2D eigenvalue weighted by atomic mass is 10.1. The molecule has 0 fully saturated rings. The average molecular weight is 391 g/mol. The fourth-order valence-electron chi connectivity index (χ4n) is 2.35. The van der Waals surface area contributed by atoms with Gasteiger partial charge in [-0.1, -0.05) is 24.3 Å². The smallest absolute Gasteiger partial charge is 0.338 e. The van der Waals surface area contributed by atoms with Gasteiger partial charge in [-0.2, -0.15) is 0 Å². The van der Waals surface area contributed by atoms with E-state index in [1.165, 1.54) is 25.3 Å². The number of benzene rings is 2. The van der Waals surface area contributed by atoms with E-state index in [0.717, 1.165) is 11.8 Å². The van der Waals surface area contributed by atoms with Crippen LogP contribution in [0.5, 0.6) is 5.75 Å². The minimum atomic E-state index is -3.45. The van der Waals surface area contributed by atoms with Gasteiger partial charge in [-0.25, -0.2) is 13.2 Å². The molecule has 2 aromatic rings. The van der Waals surface area contributed by atoms with Crippen molar-refractivity contribution >= 4 is 21.7 Å². The number of carbonyl (C=O) groups is 2. The van der Waals surface area contributed by atoms with E-state index in [0.29, 0.717) is 11.3 Å². The number of esters is 1. The average Bonchev–Trinajstić information content (AvgIpc) is 2.64. The van der Waals surface area contributed by atoms with E-state index in [-0.39, 0.29) is 17.0 Å². The third kappa shape index (κ3) is 5.55. The first kappa shape index (κ1) is 20.4. The molecule has 0 unspecified atom stereocenters. The van der Waals surface area contributed by atoms with Crippen LogP contribution in [0.3, 0.4) is 0 Å². The number of hydrogen-bond acceptors (Lipinski definition) is 6. The fraction of sp³-hybridized carbons (Fsp3) is 0.263. The van der Waals surface area contributed by atoms with Crippen LogP contribution >= 0.6 is 0 Å². The SMILES string of the molecule is COc1ccccc1CNC(=O)COC(=O)c1cc(S(C)(=O)=O)ccc1C. The number of amides is 1. The van der Waals surface area contributed by atoms with E-state index in [4.69, 9.17) is 9.47 Å². The minimum Gasteiger partial charge on any atom is -0.496 e. The highest BCUT2D eigenvalue weighted by atomic mass is 32.2. The van der Waals surface area contributed by atoms with Crippen LogP contribution in [0, 0.1) is 6.92 Å². The maximum absolute atomic E-state index is 12.2. The quantitative estimate of drug-likeness (QED) is 0.724. The van der Waals surface area contributed by atoms with Gasteiger partial charge in [-0.15, -0.1) is 0 Å². The summed E-state index contributed by atoms with van der Waals surface area (Å²) in [5.41, 5.74) is 1.45. The standard InChI is InChI=1S/C19H21NO6S/c1-13-8-9-15(27(3,23)24)10-16(13)19(22)26-12-18(21)20-11-14-6-4-5-7-17(14)25-2/h4-10H,11-12H2,1-3H3,(H,20,21). The molecule has 144 valence electrons. The summed E-state index contributed by atoms with van der Waals surface area (Å²) in [6.07, 6.45) is 1.05. The van der Waals surface area contributed by atoms with Crippen LogP contribution in [-0.4, -0.2) is 40.3 Å². The number of hydrogen-bond donors (Lipinski definition) is 1. The van der Waals surface area contributed by atoms with Crippen LogP contribution in [0.4, 0.5) is 0 Å². The van der Waals surface area contributed by atoms with Crippen LogP contribution in [0.1, 0.15) is 21.5 Å². The predicted octanol–water partition coefficient (Wildman–Crippen LogP) is 1.88. The van der Waals surface area contributed by atoms with E-state index in [9.17, 15) is 18.0 Å². The Labute approximate surface area is 158 Å². The van der Waals surface area contributed by atoms with Crippen molar-refractivity contribution in [3.63, 3.8) is 0 Å². The molecule has 0 heterocycles. The van der Waals surface area contributed by atoms with Gasteiger partial charge in [0.25, 0.3) is 5.91 Å². The summed E-state index contributed by atoms with van der Waals surface area (Å²) < 4.78 is 33.5. The van der Waals surface area contributed by atoms with Crippen molar-refractivity contribution in [3.8, 4) is 5.75 Å². The summed E-state index contributed by atoms with van der Waals surface area (Å²) in [7, 11) is -1.91. The molecule has 27 heavy (non-hydrogen) atoms. The van der Waals surface area contributed by atoms with Crippen molar-refractivity contribution < 1.29 is 27.5 Å². The van der Waals surface area contributed by atoms with E-state index in [2.05, 4.69) is 5.32 Å². The number of rotatable bonds is 7. The normalized spacial score (nSPS) is 10.9. The van der Waals surface area contributed by atoms with E-state index >= 15 is 0 Å². The Morgan fingerprint density at radius 2 is 1.81 bits per heavy atom. The highest BCUT2D eigenvalue weighted by molar-refractivity contribution is 7.90. The van der Waals surface area contributed by atoms with Crippen molar-refractivity contribution in [1.29, 1.82) is 0 Å². The largest absolute Gasteiger partial charge is 0.496 e. The van der Waals surface area contributed by atoms with Gasteiger partial charge >= 0.3 is 5.97 Å². The molecule has 0 saturated heterocycles. The highest BCUT2D eigenvalue weighted by Gasteiger charge is 2.16. The van der Waals surface area contributed by atoms with Gasteiger partial charge in [-0.3, -0.25) is 4.79 Å². The monoisotopic (exact) mass is 391 g/mol. The summed E-state index contributed by atoms with van der Waals surface area (Å²) in [4.78, 5) is 24.2. The Morgan fingerprint density at radius 1 is 1.11 bits per heavy atom. The second kappa shape index (κ2) is 8.68. The molecule has 0 bridgehead atoms. The molecule has 1 amide bonds. The molecule has 1 N–H and O–H groups in total. The topological polar surface area (TPSA) is 98.8 Å². The summed E-state index contributed by atoms with van der Waals surface area (Å²) in [6, 6.07) is 11.4. The number of methoxy groups -OCH3 is 1. The second-order valence-electron chi connectivity index (χ2n) is 5.91. The second-order valence-corrected chi connectivity index (χ2v) is 7.93. The molecule has 0 aliphatic carbocycles.